The van der Waals surface area contributed by atoms with Crippen LogP contribution in [-0.4, -0.2) is 16.3 Å². The summed E-state index contributed by atoms with van der Waals surface area (Å²) >= 11 is 0. The Morgan fingerprint density at radius 3 is 2.50 bits per heavy atom. The van der Waals surface area contributed by atoms with Gasteiger partial charge in [-0.3, -0.25) is 0 Å². The van der Waals surface area contributed by atoms with Crippen LogP contribution in [0.5, 0.6) is 0 Å². The van der Waals surface area contributed by atoms with E-state index in [9.17, 15) is 10.2 Å². The predicted octanol–water partition coefficient (Wildman–Crippen LogP) is 1.80. The van der Waals surface area contributed by atoms with Gasteiger partial charge in [-0.15, -0.1) is 0 Å². The van der Waals surface area contributed by atoms with E-state index in [4.69, 9.17) is 0 Å². The van der Waals surface area contributed by atoms with E-state index in [2.05, 4.69) is 0 Å². The summed E-state index contributed by atoms with van der Waals surface area (Å²) < 4.78 is 0. The van der Waals surface area contributed by atoms with Crippen molar-refractivity contribution in [2.75, 3.05) is 0 Å². The van der Waals surface area contributed by atoms with Crippen molar-refractivity contribution < 1.29 is 10.2 Å². The van der Waals surface area contributed by atoms with Crippen LogP contribution >= 0.6 is 0 Å². The van der Waals surface area contributed by atoms with Crippen molar-refractivity contribution >= 4 is 0 Å². The van der Waals surface area contributed by atoms with E-state index in [1.165, 1.54) is 0 Å². The van der Waals surface area contributed by atoms with Gasteiger partial charge < -0.3 is 10.2 Å². The summed E-state index contributed by atoms with van der Waals surface area (Å²) in [5, 5.41) is 19.3. The Labute approximate surface area is 83.5 Å². The van der Waals surface area contributed by atoms with Gasteiger partial charge in [-0.25, -0.2) is 0 Å². The van der Waals surface area contributed by atoms with Gasteiger partial charge in [0.05, 0.1) is 6.10 Å². The molecule has 0 spiro atoms. The Balaban J connectivity index is 2.17. The first kappa shape index (κ1) is 9.44. The largest absolute Gasteiger partial charge is 0.389 e. The number of aliphatic hydroxyl groups is 2. The van der Waals surface area contributed by atoms with E-state index in [-0.39, 0.29) is 6.10 Å². The Kier molecular flexibility index (Phi) is 2.66. The Hall–Kier alpha value is -1.12. The predicted molar refractivity (Wildman–Crippen MR) is 54.7 cm³/mol. The first-order chi connectivity index (χ1) is 6.77. The number of rotatable bonds is 2. The Bertz CT molecular complexity index is 329. The molecule has 0 aliphatic heterocycles. The first-order valence-electron chi connectivity index (χ1n) is 4.89. The highest BCUT2D eigenvalue weighted by molar-refractivity contribution is 5.28. The number of hydrogen-bond donors (Lipinski definition) is 2. The van der Waals surface area contributed by atoms with Crippen LogP contribution < -0.4 is 0 Å². The molecular formula is C12H14O2. The van der Waals surface area contributed by atoms with E-state index < -0.39 is 6.10 Å². The minimum Gasteiger partial charge on any atom is -0.389 e. The number of aliphatic hydroxyl groups excluding tert-OH is 2. The zero-order valence-electron chi connectivity index (χ0n) is 7.93. The van der Waals surface area contributed by atoms with Crippen LogP contribution in [0.1, 0.15) is 24.5 Å². The third-order valence-electron chi connectivity index (χ3n) is 2.60. The van der Waals surface area contributed by atoms with E-state index in [0.717, 1.165) is 24.0 Å². The minimum absolute atomic E-state index is 0.372. The summed E-state index contributed by atoms with van der Waals surface area (Å²) in [7, 11) is 0. The molecule has 1 aromatic carbocycles. The van der Waals surface area contributed by atoms with E-state index >= 15 is 0 Å². The van der Waals surface area contributed by atoms with Crippen LogP contribution in [0.3, 0.4) is 0 Å². The molecule has 1 aliphatic carbocycles. The van der Waals surface area contributed by atoms with Crippen LogP contribution in [-0.2, 0) is 0 Å². The molecule has 2 heteroatoms. The molecule has 14 heavy (non-hydrogen) atoms. The van der Waals surface area contributed by atoms with E-state index in [1.807, 2.05) is 30.3 Å². The second kappa shape index (κ2) is 3.95. The lowest BCUT2D eigenvalue weighted by atomic mass is 10.0. The van der Waals surface area contributed by atoms with Crippen LogP contribution in [0, 0.1) is 0 Å². The molecule has 0 fully saturated rings. The second-order valence-corrected chi connectivity index (χ2v) is 3.66. The van der Waals surface area contributed by atoms with Gasteiger partial charge in [0.1, 0.15) is 6.10 Å². The van der Waals surface area contributed by atoms with Gasteiger partial charge >= 0.3 is 0 Å². The standard InChI is InChI=1S/C12H14O2/c13-11-7-6-10(8-11)12(14)9-4-2-1-3-5-9/h1-5,8,11-14H,6-7H2/t11-,12-/m1/s1. The number of benzene rings is 1. The van der Waals surface area contributed by atoms with Crippen LogP contribution in [0.2, 0.25) is 0 Å². The summed E-state index contributed by atoms with van der Waals surface area (Å²) in [6, 6.07) is 9.54. The quantitative estimate of drug-likeness (QED) is 0.698. The molecule has 0 amide bonds. The maximum Gasteiger partial charge on any atom is 0.100 e. The monoisotopic (exact) mass is 190 g/mol. The van der Waals surface area contributed by atoms with Gasteiger partial charge in [0.2, 0.25) is 0 Å². The number of hydrogen-bond acceptors (Lipinski definition) is 2. The highest BCUT2D eigenvalue weighted by Gasteiger charge is 2.20. The molecule has 0 radical (unpaired) electrons. The van der Waals surface area contributed by atoms with E-state index in [0.29, 0.717) is 0 Å². The highest BCUT2D eigenvalue weighted by atomic mass is 16.3. The molecule has 1 aliphatic rings. The summed E-state index contributed by atoms with van der Waals surface area (Å²) in [4.78, 5) is 0. The smallest absolute Gasteiger partial charge is 0.100 e. The van der Waals surface area contributed by atoms with E-state index in [1.54, 1.807) is 6.08 Å². The molecule has 74 valence electrons. The van der Waals surface area contributed by atoms with Crippen molar-refractivity contribution in [3.63, 3.8) is 0 Å². The lowest BCUT2D eigenvalue weighted by Crippen LogP contribution is -1.99. The highest BCUT2D eigenvalue weighted by Crippen LogP contribution is 2.30. The van der Waals surface area contributed by atoms with Gasteiger partial charge in [0, 0.05) is 0 Å². The normalized spacial score (nSPS) is 23.3. The molecule has 1 aromatic rings. The molecule has 2 N–H and O–H groups in total. The third kappa shape index (κ3) is 1.86. The van der Waals surface area contributed by atoms with Gasteiger partial charge in [-0.05, 0) is 24.0 Å². The lowest BCUT2D eigenvalue weighted by molar-refractivity contribution is 0.212. The van der Waals surface area contributed by atoms with Crippen molar-refractivity contribution in [3.8, 4) is 0 Å². The van der Waals surface area contributed by atoms with Crippen molar-refractivity contribution in [3.05, 3.63) is 47.5 Å². The molecule has 2 nitrogen and oxygen atoms in total. The SMILES string of the molecule is O[C@H]1C=C([C@H](O)c2ccccc2)CC1. The first-order valence-corrected chi connectivity index (χ1v) is 4.89. The van der Waals surface area contributed by atoms with Gasteiger partial charge in [0.25, 0.3) is 0 Å². The molecule has 0 heterocycles. The summed E-state index contributed by atoms with van der Waals surface area (Å²) in [5.41, 5.74) is 1.83. The van der Waals surface area contributed by atoms with Crippen LogP contribution in [0.4, 0.5) is 0 Å². The molecule has 2 atom stereocenters. The lowest BCUT2D eigenvalue weighted by Gasteiger charge is -2.11. The van der Waals surface area contributed by atoms with Crippen molar-refractivity contribution in [2.45, 2.75) is 25.0 Å². The molecular weight excluding hydrogens is 176 g/mol. The average molecular weight is 190 g/mol. The fraction of sp³-hybridized carbons (Fsp3) is 0.333. The van der Waals surface area contributed by atoms with Crippen molar-refractivity contribution in [1.82, 2.24) is 0 Å². The van der Waals surface area contributed by atoms with Crippen LogP contribution in [0.25, 0.3) is 0 Å². The topological polar surface area (TPSA) is 40.5 Å². The average Bonchev–Trinajstić information content (AvgIpc) is 2.65. The van der Waals surface area contributed by atoms with Crippen molar-refractivity contribution in [2.24, 2.45) is 0 Å². The molecule has 0 bridgehead atoms. The van der Waals surface area contributed by atoms with Crippen molar-refractivity contribution in [1.29, 1.82) is 0 Å². The molecule has 0 saturated heterocycles. The fourth-order valence-electron chi connectivity index (χ4n) is 1.81. The third-order valence-corrected chi connectivity index (χ3v) is 2.60. The maximum absolute atomic E-state index is 9.96. The minimum atomic E-state index is -0.548. The molecule has 2 rings (SSSR count). The summed E-state index contributed by atoms with van der Waals surface area (Å²) in [6.45, 7) is 0. The Morgan fingerprint density at radius 2 is 1.93 bits per heavy atom. The fourth-order valence-corrected chi connectivity index (χ4v) is 1.81. The Morgan fingerprint density at radius 1 is 1.21 bits per heavy atom. The summed E-state index contributed by atoms with van der Waals surface area (Å²) in [6.07, 6.45) is 2.37. The van der Waals surface area contributed by atoms with Gasteiger partial charge in [-0.1, -0.05) is 36.4 Å². The second-order valence-electron chi connectivity index (χ2n) is 3.66. The van der Waals surface area contributed by atoms with Gasteiger partial charge in [0.15, 0.2) is 0 Å². The maximum atomic E-state index is 9.96. The zero-order chi connectivity index (χ0) is 9.97. The zero-order valence-corrected chi connectivity index (χ0v) is 7.93. The van der Waals surface area contributed by atoms with Gasteiger partial charge in [-0.2, -0.15) is 0 Å². The molecule has 0 aromatic heterocycles. The van der Waals surface area contributed by atoms with Crippen LogP contribution in [0.15, 0.2) is 42.0 Å². The molecule has 0 unspecified atom stereocenters. The molecule has 0 saturated carbocycles. The summed E-state index contributed by atoms with van der Waals surface area (Å²) in [5.74, 6) is 0.